The Hall–Kier alpha value is -0.520. The van der Waals surface area contributed by atoms with Gasteiger partial charge < -0.3 is 5.32 Å². The molecule has 0 aliphatic carbocycles. The topological polar surface area (TPSA) is 46.2 Å². The minimum atomic E-state index is -2.93. The van der Waals surface area contributed by atoms with Gasteiger partial charge in [0.25, 0.3) is 0 Å². The Morgan fingerprint density at radius 2 is 1.90 bits per heavy atom. The third kappa shape index (κ3) is 6.29. The van der Waals surface area contributed by atoms with Crippen molar-refractivity contribution in [3.63, 3.8) is 0 Å². The summed E-state index contributed by atoms with van der Waals surface area (Å²) in [6.45, 7) is 8.55. The number of hydrogen-bond donors (Lipinski definition) is 1. The van der Waals surface area contributed by atoms with Gasteiger partial charge in [-0.2, -0.15) is 0 Å². The molecule has 0 fully saturated rings. The largest absolute Gasteiger partial charge is 0.310 e. The van der Waals surface area contributed by atoms with Crippen LogP contribution in [0.5, 0.6) is 0 Å². The maximum Gasteiger partial charge on any atom is 0.153 e. The normalized spacial score (nSPS) is 12.3. The molecule has 0 radical (unpaired) electrons. The van der Waals surface area contributed by atoms with Crippen LogP contribution in [0.1, 0.15) is 33.3 Å². The van der Waals surface area contributed by atoms with E-state index in [1.165, 1.54) is 5.56 Å². The quantitative estimate of drug-likeness (QED) is 0.749. The molecule has 0 aliphatic rings. The second kappa shape index (κ2) is 8.05. The van der Waals surface area contributed by atoms with E-state index in [1.54, 1.807) is 25.6 Å². The average molecular weight is 316 g/mol. The first-order valence-electron chi connectivity index (χ1n) is 6.98. The minimum Gasteiger partial charge on any atom is -0.310 e. The van der Waals surface area contributed by atoms with Gasteiger partial charge >= 0.3 is 0 Å². The van der Waals surface area contributed by atoms with E-state index in [2.05, 4.69) is 31.3 Å². The van der Waals surface area contributed by atoms with E-state index in [9.17, 15) is 8.42 Å². The summed E-state index contributed by atoms with van der Waals surface area (Å²) in [4.78, 5) is 1.13. The molecule has 0 unspecified atom stereocenters. The summed E-state index contributed by atoms with van der Waals surface area (Å²) in [5.41, 5.74) is 1.23. The molecule has 0 saturated carbocycles. The Morgan fingerprint density at radius 3 is 2.50 bits per heavy atom. The second-order valence-corrected chi connectivity index (χ2v) is 9.29. The molecular formula is C15H25NO2S2. The van der Waals surface area contributed by atoms with Crippen LogP contribution < -0.4 is 5.32 Å². The molecule has 0 heterocycles. The molecule has 0 atom stereocenters. The predicted molar refractivity (Wildman–Crippen MR) is 88.1 cm³/mol. The summed E-state index contributed by atoms with van der Waals surface area (Å²) in [6, 6.07) is 8.73. The van der Waals surface area contributed by atoms with Crippen LogP contribution >= 0.6 is 11.8 Å². The van der Waals surface area contributed by atoms with E-state index in [0.29, 0.717) is 11.8 Å². The van der Waals surface area contributed by atoms with Gasteiger partial charge in [-0.3, -0.25) is 0 Å². The van der Waals surface area contributed by atoms with Gasteiger partial charge in [-0.05, 0) is 31.5 Å². The van der Waals surface area contributed by atoms with E-state index in [1.807, 2.05) is 12.1 Å². The van der Waals surface area contributed by atoms with Crippen molar-refractivity contribution in [3.05, 3.63) is 29.8 Å². The molecule has 0 amide bonds. The summed E-state index contributed by atoms with van der Waals surface area (Å²) in [5, 5.41) is 3.09. The molecule has 0 saturated heterocycles. The van der Waals surface area contributed by atoms with Crippen molar-refractivity contribution < 1.29 is 8.42 Å². The SMILES string of the molecule is CC(C)NCc1cccc(SCCS(=O)(=O)C(C)C)c1. The van der Waals surface area contributed by atoms with Gasteiger partial charge in [0, 0.05) is 23.2 Å². The van der Waals surface area contributed by atoms with Gasteiger partial charge in [0.2, 0.25) is 0 Å². The molecule has 0 spiro atoms. The Labute approximate surface area is 127 Å². The monoisotopic (exact) mass is 315 g/mol. The van der Waals surface area contributed by atoms with Crippen LogP contribution in [0.3, 0.4) is 0 Å². The standard InChI is InChI=1S/C15H25NO2S2/c1-12(2)16-11-14-6-5-7-15(10-14)19-8-9-20(17,18)13(3)4/h5-7,10,12-13,16H,8-9,11H2,1-4H3. The molecule has 0 aromatic heterocycles. The first-order valence-corrected chi connectivity index (χ1v) is 9.68. The number of thioether (sulfide) groups is 1. The molecule has 3 nitrogen and oxygen atoms in total. The van der Waals surface area contributed by atoms with Gasteiger partial charge in [0.1, 0.15) is 0 Å². The molecular weight excluding hydrogens is 290 g/mol. The van der Waals surface area contributed by atoms with Crippen molar-refractivity contribution in [2.24, 2.45) is 0 Å². The fourth-order valence-corrected chi connectivity index (χ4v) is 3.96. The van der Waals surface area contributed by atoms with Crippen LogP contribution in [0.25, 0.3) is 0 Å². The molecule has 5 heteroatoms. The zero-order valence-corrected chi connectivity index (χ0v) is 14.4. The van der Waals surface area contributed by atoms with Crippen molar-refractivity contribution in [1.82, 2.24) is 5.32 Å². The number of hydrogen-bond acceptors (Lipinski definition) is 4. The first-order chi connectivity index (χ1) is 9.31. The van der Waals surface area contributed by atoms with Gasteiger partial charge in [-0.15, -0.1) is 11.8 Å². The molecule has 20 heavy (non-hydrogen) atoms. The van der Waals surface area contributed by atoms with Crippen LogP contribution in [0, 0.1) is 0 Å². The lowest BCUT2D eigenvalue weighted by Gasteiger charge is -2.10. The van der Waals surface area contributed by atoms with Crippen molar-refractivity contribution in [3.8, 4) is 0 Å². The fourth-order valence-electron chi connectivity index (χ4n) is 1.58. The second-order valence-electron chi connectivity index (χ2n) is 5.45. The molecule has 0 bridgehead atoms. The van der Waals surface area contributed by atoms with Gasteiger partial charge in [-0.1, -0.05) is 26.0 Å². The predicted octanol–water partition coefficient (Wildman–Crippen LogP) is 3.10. The number of nitrogens with one attached hydrogen (secondary N) is 1. The summed E-state index contributed by atoms with van der Waals surface area (Å²) in [7, 11) is -2.93. The van der Waals surface area contributed by atoms with Crippen LogP contribution in [0.15, 0.2) is 29.2 Å². The highest BCUT2D eigenvalue weighted by molar-refractivity contribution is 8.00. The van der Waals surface area contributed by atoms with Crippen molar-refractivity contribution >= 4 is 21.6 Å². The van der Waals surface area contributed by atoms with Crippen molar-refractivity contribution in [2.45, 2.75) is 50.4 Å². The Kier molecular flexibility index (Phi) is 7.06. The van der Waals surface area contributed by atoms with Crippen LogP contribution in [0.4, 0.5) is 0 Å². The van der Waals surface area contributed by atoms with E-state index in [0.717, 1.165) is 11.4 Å². The Balaban J connectivity index is 2.50. The van der Waals surface area contributed by atoms with E-state index in [4.69, 9.17) is 0 Å². The van der Waals surface area contributed by atoms with Gasteiger partial charge in [-0.25, -0.2) is 8.42 Å². The molecule has 0 aliphatic heterocycles. The third-order valence-corrected chi connectivity index (χ3v) is 6.43. The summed E-state index contributed by atoms with van der Waals surface area (Å²) in [5.74, 6) is 0.853. The van der Waals surface area contributed by atoms with Crippen molar-refractivity contribution in [1.29, 1.82) is 0 Å². The lowest BCUT2D eigenvalue weighted by molar-refractivity contribution is 0.588. The molecule has 1 aromatic rings. The number of benzene rings is 1. The van der Waals surface area contributed by atoms with Gasteiger partial charge in [0.05, 0.1) is 11.0 Å². The lowest BCUT2D eigenvalue weighted by atomic mass is 10.2. The number of sulfone groups is 1. The Bertz CT molecular complexity index is 510. The zero-order chi connectivity index (χ0) is 15.2. The Morgan fingerprint density at radius 1 is 1.20 bits per heavy atom. The maximum atomic E-state index is 11.7. The van der Waals surface area contributed by atoms with E-state index < -0.39 is 9.84 Å². The van der Waals surface area contributed by atoms with E-state index in [-0.39, 0.29) is 11.0 Å². The smallest absolute Gasteiger partial charge is 0.153 e. The zero-order valence-electron chi connectivity index (χ0n) is 12.7. The maximum absolute atomic E-state index is 11.7. The fraction of sp³-hybridized carbons (Fsp3) is 0.600. The average Bonchev–Trinajstić information content (AvgIpc) is 2.36. The van der Waals surface area contributed by atoms with Crippen LogP contribution in [-0.4, -0.2) is 31.2 Å². The van der Waals surface area contributed by atoms with E-state index >= 15 is 0 Å². The molecule has 1 rings (SSSR count). The lowest BCUT2D eigenvalue weighted by Crippen LogP contribution is -2.21. The van der Waals surface area contributed by atoms with Gasteiger partial charge in [0.15, 0.2) is 9.84 Å². The van der Waals surface area contributed by atoms with Crippen LogP contribution in [-0.2, 0) is 16.4 Å². The van der Waals surface area contributed by atoms with Crippen molar-refractivity contribution in [2.75, 3.05) is 11.5 Å². The molecule has 114 valence electrons. The summed E-state index contributed by atoms with van der Waals surface area (Å²) in [6.07, 6.45) is 0. The van der Waals surface area contributed by atoms with Crippen LogP contribution in [0.2, 0.25) is 0 Å². The molecule has 1 aromatic carbocycles. The third-order valence-electron chi connectivity index (χ3n) is 2.97. The first kappa shape index (κ1) is 17.5. The summed E-state index contributed by atoms with van der Waals surface area (Å²) >= 11 is 1.61. The summed E-state index contributed by atoms with van der Waals surface area (Å²) < 4.78 is 23.5. The number of rotatable bonds is 8. The minimum absolute atomic E-state index is 0.240. The highest BCUT2D eigenvalue weighted by atomic mass is 32.2. The highest BCUT2D eigenvalue weighted by Crippen LogP contribution is 2.20. The molecule has 1 N–H and O–H groups in total. The highest BCUT2D eigenvalue weighted by Gasteiger charge is 2.15.